The van der Waals surface area contributed by atoms with E-state index in [1.807, 2.05) is 61.5 Å². The molecule has 0 aliphatic rings. The number of rotatable bonds is 10. The predicted molar refractivity (Wildman–Crippen MR) is 129 cm³/mol. The van der Waals surface area contributed by atoms with Gasteiger partial charge in [-0.2, -0.15) is 0 Å². The number of ketones is 1. The topological polar surface area (TPSA) is 63.2 Å². The van der Waals surface area contributed by atoms with Crippen molar-refractivity contribution < 1.29 is 13.2 Å². The summed E-state index contributed by atoms with van der Waals surface area (Å²) in [7, 11) is -3.52. The molecule has 0 unspecified atom stereocenters. The lowest BCUT2D eigenvalue weighted by Gasteiger charge is -2.25. The number of carbonyl (C=O) groups is 1. The van der Waals surface area contributed by atoms with Gasteiger partial charge in [0.05, 0.1) is 4.90 Å². The minimum atomic E-state index is -3.52. The van der Waals surface area contributed by atoms with E-state index in [1.54, 1.807) is 24.3 Å². The van der Waals surface area contributed by atoms with Gasteiger partial charge in [-0.05, 0) is 48.4 Å². The van der Waals surface area contributed by atoms with Crippen molar-refractivity contribution in [2.24, 2.45) is 5.41 Å². The highest BCUT2D eigenvalue weighted by Gasteiger charge is 2.22. The summed E-state index contributed by atoms with van der Waals surface area (Å²) in [4.78, 5) is 12.8. The Morgan fingerprint density at radius 2 is 1.47 bits per heavy atom. The van der Waals surface area contributed by atoms with Gasteiger partial charge in [0, 0.05) is 18.5 Å². The third-order valence-electron chi connectivity index (χ3n) is 5.65. The van der Waals surface area contributed by atoms with Crippen molar-refractivity contribution in [1.29, 1.82) is 0 Å². The highest BCUT2D eigenvalue weighted by Crippen LogP contribution is 2.23. The van der Waals surface area contributed by atoms with Gasteiger partial charge in [-0.3, -0.25) is 4.79 Å². The second-order valence-electron chi connectivity index (χ2n) is 9.08. The summed E-state index contributed by atoms with van der Waals surface area (Å²) in [6.45, 7) is 6.40. The molecule has 4 nitrogen and oxygen atoms in total. The van der Waals surface area contributed by atoms with E-state index >= 15 is 0 Å². The summed E-state index contributed by atoms with van der Waals surface area (Å²) < 4.78 is 27.9. The molecule has 0 atom stereocenters. The monoisotopic (exact) mass is 449 g/mol. The number of hydrogen-bond acceptors (Lipinski definition) is 3. The Morgan fingerprint density at radius 1 is 0.844 bits per heavy atom. The second-order valence-corrected chi connectivity index (χ2v) is 10.9. The van der Waals surface area contributed by atoms with Gasteiger partial charge in [0.2, 0.25) is 10.0 Å². The van der Waals surface area contributed by atoms with Gasteiger partial charge in [-0.15, -0.1) is 0 Å². The van der Waals surface area contributed by atoms with E-state index in [9.17, 15) is 13.2 Å². The molecule has 32 heavy (non-hydrogen) atoms. The minimum Gasteiger partial charge on any atom is -0.294 e. The quantitative estimate of drug-likeness (QED) is 0.424. The first-order valence-corrected chi connectivity index (χ1v) is 12.4. The molecule has 0 saturated heterocycles. The van der Waals surface area contributed by atoms with Crippen LogP contribution in [0.5, 0.6) is 0 Å². The van der Waals surface area contributed by atoms with E-state index in [0.717, 1.165) is 29.5 Å². The van der Waals surface area contributed by atoms with Crippen LogP contribution in [0.25, 0.3) is 0 Å². The summed E-state index contributed by atoms with van der Waals surface area (Å²) in [6.07, 6.45) is 2.03. The molecule has 168 valence electrons. The van der Waals surface area contributed by atoms with Crippen LogP contribution in [0.2, 0.25) is 0 Å². The summed E-state index contributed by atoms with van der Waals surface area (Å²) >= 11 is 0. The molecule has 0 amide bonds. The average molecular weight is 450 g/mol. The van der Waals surface area contributed by atoms with Crippen molar-refractivity contribution in [2.75, 3.05) is 6.54 Å². The Labute approximate surface area is 191 Å². The van der Waals surface area contributed by atoms with E-state index in [4.69, 9.17) is 0 Å². The van der Waals surface area contributed by atoms with Gasteiger partial charge in [0.25, 0.3) is 0 Å². The lowest BCUT2D eigenvalue weighted by molar-refractivity contribution is 0.0993. The van der Waals surface area contributed by atoms with Crippen molar-refractivity contribution in [1.82, 2.24) is 4.72 Å². The number of Topliss-reactive ketones (excluding diaryl/α,β-unsaturated/α-hetero) is 1. The van der Waals surface area contributed by atoms with E-state index < -0.39 is 10.0 Å². The van der Waals surface area contributed by atoms with Crippen molar-refractivity contribution in [3.63, 3.8) is 0 Å². The lowest BCUT2D eigenvalue weighted by Crippen LogP contribution is -2.34. The fourth-order valence-corrected chi connectivity index (χ4v) is 4.64. The van der Waals surface area contributed by atoms with Crippen molar-refractivity contribution in [3.8, 4) is 0 Å². The summed E-state index contributed by atoms with van der Waals surface area (Å²) in [6, 6.07) is 24.3. The second kappa shape index (κ2) is 10.2. The van der Waals surface area contributed by atoms with Crippen LogP contribution < -0.4 is 4.72 Å². The first kappa shape index (κ1) is 23.9. The van der Waals surface area contributed by atoms with Crippen LogP contribution in [0, 0.1) is 12.3 Å². The lowest BCUT2D eigenvalue weighted by atomic mass is 9.86. The number of carbonyl (C=O) groups excluding carboxylic acids is 1. The van der Waals surface area contributed by atoms with Gasteiger partial charge in [0.1, 0.15) is 0 Å². The maximum absolute atomic E-state index is 12.6. The van der Waals surface area contributed by atoms with E-state index in [2.05, 4.69) is 18.6 Å². The van der Waals surface area contributed by atoms with Crippen LogP contribution in [-0.4, -0.2) is 20.7 Å². The van der Waals surface area contributed by atoms with E-state index in [-0.39, 0.29) is 16.1 Å². The molecule has 5 heteroatoms. The maximum atomic E-state index is 12.6. The molecule has 0 heterocycles. The zero-order valence-electron chi connectivity index (χ0n) is 19.0. The molecule has 0 saturated carbocycles. The van der Waals surface area contributed by atoms with Crippen molar-refractivity contribution in [3.05, 3.63) is 101 Å². The number of nitrogens with one attached hydrogen (secondary N) is 1. The Kier molecular flexibility index (Phi) is 7.64. The van der Waals surface area contributed by atoms with Gasteiger partial charge in [-0.1, -0.05) is 86.1 Å². The molecule has 3 rings (SSSR count). The molecule has 3 aromatic carbocycles. The molecule has 0 aromatic heterocycles. The van der Waals surface area contributed by atoms with Crippen LogP contribution in [0.3, 0.4) is 0 Å². The summed E-state index contributed by atoms with van der Waals surface area (Å²) in [5.41, 5.74) is 3.67. The Bertz CT molecular complexity index is 1130. The standard InChI is InChI=1S/C27H31NO3S/c1-21-9-15-25(16-10-21)32(30,31)28-20-27(2,3)18-17-22-11-13-24(14-12-22)26(29)19-23-7-5-4-6-8-23/h4-16,28H,17-20H2,1-3H3. The van der Waals surface area contributed by atoms with E-state index in [0.29, 0.717) is 18.5 Å². The van der Waals surface area contributed by atoms with Gasteiger partial charge < -0.3 is 0 Å². The molecule has 3 aromatic rings. The van der Waals surface area contributed by atoms with Gasteiger partial charge in [-0.25, -0.2) is 13.1 Å². The summed E-state index contributed by atoms with van der Waals surface area (Å²) in [5.74, 6) is 0.105. The SMILES string of the molecule is Cc1ccc(S(=O)(=O)NCC(C)(C)CCc2ccc(C(=O)Cc3ccccc3)cc2)cc1. The first-order chi connectivity index (χ1) is 15.1. The van der Waals surface area contributed by atoms with Crippen molar-refractivity contribution >= 4 is 15.8 Å². The highest BCUT2D eigenvalue weighted by atomic mass is 32.2. The molecule has 1 N–H and O–H groups in total. The predicted octanol–water partition coefficient (Wildman–Crippen LogP) is 5.36. The number of benzene rings is 3. The smallest absolute Gasteiger partial charge is 0.240 e. The highest BCUT2D eigenvalue weighted by molar-refractivity contribution is 7.89. The Balaban J connectivity index is 1.52. The largest absolute Gasteiger partial charge is 0.294 e. The maximum Gasteiger partial charge on any atom is 0.240 e. The van der Waals surface area contributed by atoms with Crippen LogP contribution in [0.15, 0.2) is 83.8 Å². The first-order valence-electron chi connectivity index (χ1n) is 10.9. The van der Waals surface area contributed by atoms with E-state index in [1.165, 1.54) is 0 Å². The average Bonchev–Trinajstić information content (AvgIpc) is 2.78. The zero-order valence-corrected chi connectivity index (χ0v) is 19.8. The molecule has 0 aliphatic carbocycles. The third-order valence-corrected chi connectivity index (χ3v) is 7.06. The molecule has 0 radical (unpaired) electrons. The fourth-order valence-electron chi connectivity index (χ4n) is 3.40. The number of sulfonamides is 1. The zero-order chi connectivity index (χ0) is 23.2. The number of aryl methyl sites for hydroxylation is 2. The molecule has 0 spiro atoms. The van der Waals surface area contributed by atoms with Crippen LogP contribution in [0.1, 0.15) is 47.3 Å². The molecular weight excluding hydrogens is 418 g/mol. The molecule has 0 fully saturated rings. The van der Waals surface area contributed by atoms with Crippen LogP contribution >= 0.6 is 0 Å². The minimum absolute atomic E-state index is 0.105. The molecular formula is C27H31NO3S. The molecule has 0 aliphatic heterocycles. The number of hydrogen-bond donors (Lipinski definition) is 1. The van der Waals surface area contributed by atoms with Crippen LogP contribution in [0.4, 0.5) is 0 Å². The third kappa shape index (κ3) is 6.87. The molecule has 0 bridgehead atoms. The van der Waals surface area contributed by atoms with Crippen LogP contribution in [-0.2, 0) is 22.9 Å². The normalized spacial score (nSPS) is 12.0. The van der Waals surface area contributed by atoms with Gasteiger partial charge in [0.15, 0.2) is 5.78 Å². The van der Waals surface area contributed by atoms with Gasteiger partial charge >= 0.3 is 0 Å². The Morgan fingerprint density at radius 3 is 2.09 bits per heavy atom. The Hall–Kier alpha value is -2.76. The fraction of sp³-hybridized carbons (Fsp3) is 0.296. The van der Waals surface area contributed by atoms with Crippen molar-refractivity contribution in [2.45, 2.75) is 44.9 Å². The summed E-state index contributed by atoms with van der Waals surface area (Å²) in [5, 5.41) is 0.